The molecule has 0 bridgehead atoms. The second kappa shape index (κ2) is 7.45. The van der Waals surface area contributed by atoms with Crippen LogP contribution < -0.4 is 0 Å². The second-order valence-corrected chi connectivity index (χ2v) is 6.54. The average Bonchev–Trinajstić information content (AvgIpc) is 3.21. The van der Waals surface area contributed by atoms with E-state index in [1.54, 1.807) is 17.0 Å². The summed E-state index contributed by atoms with van der Waals surface area (Å²) in [6.07, 6.45) is 1.18. The van der Waals surface area contributed by atoms with Crippen LogP contribution in [0, 0.1) is 11.8 Å². The van der Waals surface area contributed by atoms with E-state index in [0.717, 1.165) is 16.7 Å². The highest BCUT2D eigenvalue weighted by Gasteiger charge is 2.26. The molecule has 0 unspecified atom stereocenters. The Bertz CT molecular complexity index is 1100. The molecule has 0 saturated heterocycles. The number of hydrogen-bond acceptors (Lipinski definition) is 4. The molecule has 138 valence electrons. The van der Waals surface area contributed by atoms with Crippen molar-refractivity contribution in [2.45, 2.75) is 13.0 Å². The first-order chi connectivity index (χ1) is 13.6. The molecule has 3 aromatic rings. The lowest BCUT2D eigenvalue weighted by atomic mass is 9.94. The van der Waals surface area contributed by atoms with Crippen LogP contribution in [-0.4, -0.2) is 28.7 Å². The largest absolute Gasteiger partial charge is 0.508 e. The molecule has 1 aromatic heterocycles. The number of aldehydes is 1. The van der Waals surface area contributed by atoms with E-state index in [2.05, 4.69) is 11.8 Å². The van der Waals surface area contributed by atoms with Crippen LogP contribution in [0.2, 0.25) is 0 Å². The highest BCUT2D eigenvalue weighted by molar-refractivity contribution is 5.92. The minimum atomic E-state index is -0.270. The topological polar surface area (TPSA) is 70.8 Å². The van der Waals surface area contributed by atoms with Crippen LogP contribution in [0.4, 0.5) is 0 Å². The Balaban J connectivity index is 1.64. The fourth-order valence-corrected chi connectivity index (χ4v) is 3.28. The number of furan rings is 1. The van der Waals surface area contributed by atoms with Gasteiger partial charge in [0.15, 0.2) is 17.8 Å². The predicted octanol–water partition coefficient (Wildman–Crippen LogP) is 3.40. The van der Waals surface area contributed by atoms with E-state index < -0.39 is 0 Å². The van der Waals surface area contributed by atoms with Gasteiger partial charge < -0.3 is 14.4 Å². The van der Waals surface area contributed by atoms with Crippen molar-refractivity contribution in [3.63, 3.8) is 0 Å². The molecule has 1 aliphatic heterocycles. The number of carbonyl (C=O) groups excluding carboxylic acids is 2. The van der Waals surface area contributed by atoms with E-state index in [9.17, 15) is 14.7 Å². The average molecular weight is 371 g/mol. The monoisotopic (exact) mass is 371 g/mol. The number of phenols is 1. The molecular formula is C23H17NO4. The van der Waals surface area contributed by atoms with Crippen molar-refractivity contribution in [1.82, 2.24) is 4.90 Å². The molecule has 1 amide bonds. The Labute approximate surface area is 162 Å². The van der Waals surface area contributed by atoms with Crippen molar-refractivity contribution in [2.24, 2.45) is 0 Å². The second-order valence-electron chi connectivity index (χ2n) is 6.54. The predicted molar refractivity (Wildman–Crippen MR) is 103 cm³/mol. The lowest BCUT2D eigenvalue weighted by Gasteiger charge is -2.29. The van der Waals surface area contributed by atoms with Gasteiger partial charge in [0.05, 0.1) is 0 Å². The number of benzene rings is 2. The van der Waals surface area contributed by atoms with Crippen LogP contribution in [-0.2, 0) is 13.0 Å². The summed E-state index contributed by atoms with van der Waals surface area (Å²) in [6.45, 7) is 0.863. The van der Waals surface area contributed by atoms with E-state index in [0.29, 0.717) is 31.4 Å². The van der Waals surface area contributed by atoms with E-state index in [4.69, 9.17) is 4.42 Å². The molecule has 0 spiro atoms. The van der Waals surface area contributed by atoms with Gasteiger partial charge in [-0.1, -0.05) is 30.0 Å². The Morgan fingerprint density at radius 3 is 2.68 bits per heavy atom. The van der Waals surface area contributed by atoms with Crippen molar-refractivity contribution in [3.8, 4) is 17.6 Å². The minimum absolute atomic E-state index is 0.125. The van der Waals surface area contributed by atoms with Gasteiger partial charge >= 0.3 is 0 Å². The number of phenolic OH excluding ortho intramolecular Hbond substituents is 1. The van der Waals surface area contributed by atoms with Crippen LogP contribution >= 0.6 is 0 Å². The van der Waals surface area contributed by atoms with Crippen LogP contribution in [0.15, 0.2) is 59.0 Å². The quantitative estimate of drug-likeness (QED) is 0.554. The number of hydrogen-bond donors (Lipinski definition) is 1. The molecular weight excluding hydrogens is 354 g/mol. The minimum Gasteiger partial charge on any atom is -0.508 e. The molecule has 1 N–H and O–H groups in total. The Hall–Kier alpha value is -3.78. The maximum absolute atomic E-state index is 12.7. The summed E-state index contributed by atoms with van der Waals surface area (Å²) in [5.74, 6) is 6.39. The summed E-state index contributed by atoms with van der Waals surface area (Å²) in [6, 6.07) is 15.9. The molecule has 4 rings (SSSR count). The summed E-state index contributed by atoms with van der Waals surface area (Å²) in [5.41, 5.74) is 3.47. The van der Waals surface area contributed by atoms with Gasteiger partial charge in [0, 0.05) is 24.2 Å². The Kier molecular flexibility index (Phi) is 4.69. The fourth-order valence-electron chi connectivity index (χ4n) is 3.28. The molecule has 5 nitrogen and oxygen atoms in total. The molecule has 0 radical (unpaired) electrons. The third-order valence-electron chi connectivity index (χ3n) is 4.68. The van der Waals surface area contributed by atoms with Gasteiger partial charge in [0.2, 0.25) is 0 Å². The van der Waals surface area contributed by atoms with E-state index in [1.807, 2.05) is 30.3 Å². The molecule has 0 fully saturated rings. The molecule has 0 atom stereocenters. The summed E-state index contributed by atoms with van der Waals surface area (Å²) in [4.78, 5) is 25.2. The molecule has 28 heavy (non-hydrogen) atoms. The molecule has 1 aliphatic rings. The van der Waals surface area contributed by atoms with Crippen molar-refractivity contribution in [3.05, 3.63) is 88.4 Å². The number of fused-ring (bicyclic) bond motifs is 1. The van der Waals surface area contributed by atoms with E-state index in [-0.39, 0.29) is 23.2 Å². The van der Waals surface area contributed by atoms with Crippen molar-refractivity contribution >= 4 is 12.2 Å². The van der Waals surface area contributed by atoms with Crippen LogP contribution in [0.3, 0.4) is 0 Å². The zero-order valence-corrected chi connectivity index (χ0v) is 15.0. The molecule has 0 aliphatic carbocycles. The van der Waals surface area contributed by atoms with Gasteiger partial charge in [0.1, 0.15) is 5.75 Å². The first-order valence-electron chi connectivity index (χ1n) is 8.90. The number of carbonyl (C=O) groups is 2. The molecule has 2 aromatic carbocycles. The first-order valence-corrected chi connectivity index (χ1v) is 8.90. The van der Waals surface area contributed by atoms with Gasteiger partial charge in [-0.25, -0.2) is 0 Å². The lowest BCUT2D eigenvalue weighted by Crippen LogP contribution is -2.36. The summed E-state index contributed by atoms with van der Waals surface area (Å²) in [5, 5.41) is 10.1. The van der Waals surface area contributed by atoms with E-state index in [1.165, 1.54) is 12.1 Å². The van der Waals surface area contributed by atoms with Gasteiger partial charge in [-0.15, -0.1) is 0 Å². The van der Waals surface area contributed by atoms with Crippen LogP contribution in [0.5, 0.6) is 5.75 Å². The summed E-state index contributed by atoms with van der Waals surface area (Å²) in [7, 11) is 0. The molecule has 0 saturated carbocycles. The third-order valence-corrected chi connectivity index (χ3v) is 4.68. The summed E-state index contributed by atoms with van der Waals surface area (Å²) < 4.78 is 5.26. The fraction of sp³-hybridized carbons (Fsp3) is 0.130. The standard InChI is InChI=1S/C23H17NO4/c25-15-20-8-9-22(28-20)23(27)24-11-10-18-13-19(26)12-17(21(18)14-24)7-6-16-4-2-1-3-5-16/h1-5,8-9,12-13,15,26H,10-11,14H2. The smallest absolute Gasteiger partial charge is 0.289 e. The zero-order valence-electron chi connectivity index (χ0n) is 15.0. The first kappa shape index (κ1) is 17.6. The van der Waals surface area contributed by atoms with Crippen molar-refractivity contribution in [1.29, 1.82) is 0 Å². The number of amides is 1. The highest BCUT2D eigenvalue weighted by atomic mass is 16.4. The molecule has 5 heteroatoms. The Morgan fingerprint density at radius 1 is 1.11 bits per heavy atom. The zero-order chi connectivity index (χ0) is 19.5. The third kappa shape index (κ3) is 3.53. The van der Waals surface area contributed by atoms with Crippen LogP contribution in [0.1, 0.15) is 43.4 Å². The maximum Gasteiger partial charge on any atom is 0.289 e. The number of nitrogens with zero attached hydrogens (tertiary/aromatic N) is 1. The highest BCUT2D eigenvalue weighted by Crippen LogP contribution is 2.28. The van der Waals surface area contributed by atoms with Gasteiger partial charge in [-0.3, -0.25) is 9.59 Å². The maximum atomic E-state index is 12.7. The Morgan fingerprint density at radius 2 is 1.93 bits per heavy atom. The van der Waals surface area contributed by atoms with Gasteiger partial charge in [0.25, 0.3) is 5.91 Å². The van der Waals surface area contributed by atoms with Gasteiger partial charge in [-0.2, -0.15) is 0 Å². The van der Waals surface area contributed by atoms with Crippen molar-refractivity contribution < 1.29 is 19.1 Å². The lowest BCUT2D eigenvalue weighted by molar-refractivity contribution is 0.0700. The van der Waals surface area contributed by atoms with Crippen LogP contribution in [0.25, 0.3) is 0 Å². The number of aromatic hydroxyl groups is 1. The number of rotatable bonds is 2. The van der Waals surface area contributed by atoms with E-state index >= 15 is 0 Å². The van der Waals surface area contributed by atoms with Gasteiger partial charge in [-0.05, 0) is 53.9 Å². The SMILES string of the molecule is O=Cc1ccc(C(=O)N2CCc3cc(O)cc(C#Cc4ccccc4)c3C2)o1. The van der Waals surface area contributed by atoms with Crippen molar-refractivity contribution in [2.75, 3.05) is 6.54 Å². The summed E-state index contributed by atoms with van der Waals surface area (Å²) >= 11 is 0. The molecule has 2 heterocycles. The normalized spacial score (nSPS) is 12.6.